The zero-order valence-corrected chi connectivity index (χ0v) is 14.8. The second-order valence-electron chi connectivity index (χ2n) is 5.14. The molecule has 0 atom stereocenters. The van der Waals surface area contributed by atoms with Crippen molar-refractivity contribution in [2.24, 2.45) is 0 Å². The Bertz CT molecular complexity index is 873. The van der Waals surface area contributed by atoms with Gasteiger partial charge in [-0.25, -0.2) is 19.7 Å². The molecule has 0 saturated heterocycles. The number of alkyl halides is 3. The molecule has 1 amide bonds. The molecule has 1 aromatic heterocycles. The minimum atomic E-state index is -4.61. The first-order valence-corrected chi connectivity index (χ1v) is 7.85. The molecular weight excluding hydrogens is 394 g/mol. The molecule has 10 heteroatoms. The number of anilines is 2. The van der Waals surface area contributed by atoms with E-state index in [1.54, 1.807) is 0 Å². The fraction of sp³-hybridized carbons (Fsp3) is 0.188. The van der Waals surface area contributed by atoms with E-state index in [9.17, 15) is 23.1 Å². The lowest BCUT2D eigenvalue weighted by atomic mass is 10.1. The highest BCUT2D eigenvalue weighted by Gasteiger charge is 2.32. The van der Waals surface area contributed by atoms with Gasteiger partial charge in [0, 0.05) is 5.56 Å². The topological polar surface area (TPSA) is 66.3 Å². The van der Waals surface area contributed by atoms with Crippen molar-refractivity contribution in [3.8, 4) is 0 Å². The molecule has 0 aliphatic rings. The summed E-state index contributed by atoms with van der Waals surface area (Å²) >= 11 is 12.0. The molecule has 2 rings (SSSR count). The van der Waals surface area contributed by atoms with Gasteiger partial charge in [0.05, 0.1) is 16.3 Å². The maximum atomic E-state index is 12.8. The molecule has 0 spiro atoms. The molecule has 0 bridgehead atoms. The van der Waals surface area contributed by atoms with Gasteiger partial charge in [-0.2, -0.15) is 13.2 Å². The van der Waals surface area contributed by atoms with Crippen molar-refractivity contribution >= 4 is 40.8 Å². The lowest BCUT2D eigenvalue weighted by Gasteiger charge is -2.23. The van der Waals surface area contributed by atoms with E-state index in [1.165, 1.54) is 13.0 Å². The molecule has 1 heterocycles. The third kappa shape index (κ3) is 4.08. The smallest absolute Gasteiger partial charge is 0.417 e. The first kappa shape index (κ1) is 20.0. The number of rotatable bonds is 4. The number of nitrogens with zero attached hydrogens (tertiary/aromatic N) is 3. The van der Waals surface area contributed by atoms with Gasteiger partial charge in [0.15, 0.2) is 5.82 Å². The largest absolute Gasteiger partial charge is 0.464 e. The summed E-state index contributed by atoms with van der Waals surface area (Å²) in [5.74, 6) is 0.0867. The van der Waals surface area contributed by atoms with Crippen molar-refractivity contribution in [1.29, 1.82) is 0 Å². The van der Waals surface area contributed by atoms with Crippen molar-refractivity contribution in [2.45, 2.75) is 19.5 Å². The maximum absolute atomic E-state index is 12.8. The molecule has 5 nitrogen and oxygen atoms in total. The number of carboxylic acid groups (broad SMARTS) is 1. The highest BCUT2D eigenvalue weighted by Crippen LogP contribution is 2.39. The van der Waals surface area contributed by atoms with E-state index in [0.717, 1.165) is 12.1 Å². The molecule has 0 aliphatic carbocycles. The fourth-order valence-corrected chi connectivity index (χ4v) is 2.77. The molecule has 1 aromatic carbocycles. The molecule has 0 fully saturated rings. The highest BCUT2D eigenvalue weighted by atomic mass is 35.5. The number of aromatic nitrogens is 2. The van der Waals surface area contributed by atoms with Gasteiger partial charge < -0.3 is 5.11 Å². The van der Waals surface area contributed by atoms with Crippen molar-refractivity contribution < 1.29 is 23.1 Å². The highest BCUT2D eigenvalue weighted by molar-refractivity contribution is 6.34. The average Bonchev–Trinajstić information content (AvgIpc) is 2.51. The Balaban J connectivity index is 2.69. The van der Waals surface area contributed by atoms with Crippen LogP contribution in [0, 0.1) is 6.92 Å². The molecule has 26 heavy (non-hydrogen) atoms. The predicted molar refractivity (Wildman–Crippen MR) is 92.3 cm³/mol. The van der Waals surface area contributed by atoms with Crippen molar-refractivity contribution in [3.05, 3.63) is 58.0 Å². The van der Waals surface area contributed by atoms with Gasteiger partial charge >= 0.3 is 12.3 Å². The van der Waals surface area contributed by atoms with Crippen LogP contribution >= 0.6 is 23.2 Å². The van der Waals surface area contributed by atoms with Gasteiger partial charge in [0.2, 0.25) is 0 Å². The van der Waals surface area contributed by atoms with Crippen LogP contribution in [0.2, 0.25) is 10.2 Å². The Morgan fingerprint density at radius 1 is 1.35 bits per heavy atom. The molecular formula is C16H12Cl2F3N3O2. The average molecular weight is 406 g/mol. The normalized spacial score (nSPS) is 11.3. The summed E-state index contributed by atoms with van der Waals surface area (Å²) in [5.41, 5.74) is -0.933. The third-order valence-corrected chi connectivity index (χ3v) is 3.93. The number of carbonyl (C=O) groups is 1. The van der Waals surface area contributed by atoms with E-state index in [0.29, 0.717) is 11.0 Å². The zero-order chi connectivity index (χ0) is 19.6. The minimum absolute atomic E-state index is 0.0154. The van der Waals surface area contributed by atoms with E-state index >= 15 is 0 Å². The van der Waals surface area contributed by atoms with Crippen LogP contribution < -0.4 is 4.90 Å². The number of halogens is 5. The third-order valence-electron chi connectivity index (χ3n) is 3.31. The molecule has 0 unspecified atom stereocenters. The monoisotopic (exact) mass is 405 g/mol. The number of aryl methyl sites for hydroxylation is 1. The van der Waals surface area contributed by atoms with Crippen molar-refractivity contribution in [1.82, 2.24) is 9.97 Å². The van der Waals surface area contributed by atoms with Crippen LogP contribution in [0.25, 0.3) is 0 Å². The molecule has 138 valence electrons. The molecule has 0 saturated carbocycles. The Morgan fingerprint density at radius 3 is 2.50 bits per heavy atom. The number of amides is 1. The summed E-state index contributed by atoms with van der Waals surface area (Å²) in [7, 11) is 0. The summed E-state index contributed by atoms with van der Waals surface area (Å²) in [6.07, 6.45) is -4.49. The predicted octanol–water partition coefficient (Wildman–Crippen LogP) is 5.66. The summed E-state index contributed by atoms with van der Waals surface area (Å²) in [6, 6.07) is 2.35. The maximum Gasteiger partial charge on any atom is 0.417 e. The Hall–Kier alpha value is -2.32. The van der Waals surface area contributed by atoms with E-state index in [4.69, 9.17) is 23.2 Å². The van der Waals surface area contributed by atoms with Gasteiger partial charge in [-0.05, 0) is 31.5 Å². The number of allylic oxidation sites excluding steroid dienone is 1. The first-order chi connectivity index (χ1) is 12.1. The van der Waals surface area contributed by atoms with E-state index in [2.05, 4.69) is 16.5 Å². The first-order valence-electron chi connectivity index (χ1n) is 7.10. The van der Waals surface area contributed by atoms with Gasteiger partial charge in [-0.15, -0.1) is 6.58 Å². The Kier molecular flexibility index (Phi) is 5.77. The van der Waals surface area contributed by atoms with Crippen LogP contribution in [0.3, 0.4) is 0 Å². The standard InChI is InChI=1S/C16H12Cl2F3N3O2/c1-3-4-10-13(18)22-8(2)23-14(10)24(15(25)26)12-6-5-9(7-11(12)17)16(19,20)21/h3,5-7H,1,4H2,2H3,(H,25,26). The summed E-state index contributed by atoms with van der Waals surface area (Å²) in [5, 5.41) is 9.24. The minimum Gasteiger partial charge on any atom is -0.464 e. The number of hydrogen-bond donors (Lipinski definition) is 1. The van der Waals surface area contributed by atoms with Crippen molar-refractivity contribution in [3.63, 3.8) is 0 Å². The van der Waals surface area contributed by atoms with E-state index < -0.39 is 22.9 Å². The van der Waals surface area contributed by atoms with Gasteiger partial charge in [-0.1, -0.05) is 29.3 Å². The van der Waals surface area contributed by atoms with Gasteiger partial charge in [0.25, 0.3) is 0 Å². The van der Waals surface area contributed by atoms with Crippen LogP contribution in [0.5, 0.6) is 0 Å². The molecule has 2 aromatic rings. The van der Waals surface area contributed by atoms with Crippen molar-refractivity contribution in [2.75, 3.05) is 4.90 Å². The second-order valence-corrected chi connectivity index (χ2v) is 5.90. The zero-order valence-electron chi connectivity index (χ0n) is 13.3. The lowest BCUT2D eigenvalue weighted by molar-refractivity contribution is -0.137. The SMILES string of the molecule is C=CCc1c(Cl)nc(C)nc1N(C(=O)O)c1ccc(C(F)(F)F)cc1Cl. The molecule has 1 N–H and O–H groups in total. The Morgan fingerprint density at radius 2 is 2.00 bits per heavy atom. The lowest BCUT2D eigenvalue weighted by Crippen LogP contribution is -2.27. The van der Waals surface area contributed by atoms with Crippen LogP contribution in [-0.4, -0.2) is 21.2 Å². The molecule has 0 aliphatic heterocycles. The second kappa shape index (κ2) is 7.51. The summed E-state index contributed by atoms with van der Waals surface area (Å²) < 4.78 is 38.4. The van der Waals surface area contributed by atoms with Crippen LogP contribution in [-0.2, 0) is 12.6 Å². The Labute approximate surface area is 156 Å². The quantitative estimate of drug-likeness (QED) is 0.526. The van der Waals surface area contributed by atoms with Gasteiger partial charge in [0.1, 0.15) is 11.0 Å². The molecule has 0 radical (unpaired) electrons. The van der Waals surface area contributed by atoms with Crippen LogP contribution in [0.1, 0.15) is 17.0 Å². The van der Waals surface area contributed by atoms with E-state index in [1.807, 2.05) is 0 Å². The summed E-state index contributed by atoms with van der Waals surface area (Å²) in [6.45, 7) is 5.06. The number of hydrogen-bond acceptors (Lipinski definition) is 3. The van der Waals surface area contributed by atoms with Crippen LogP contribution in [0.4, 0.5) is 29.5 Å². The number of benzene rings is 1. The van der Waals surface area contributed by atoms with E-state index in [-0.39, 0.29) is 34.5 Å². The summed E-state index contributed by atoms with van der Waals surface area (Å²) in [4.78, 5) is 20.5. The fourth-order valence-electron chi connectivity index (χ4n) is 2.22. The van der Waals surface area contributed by atoms with Gasteiger partial charge in [-0.3, -0.25) is 0 Å². The van der Waals surface area contributed by atoms with Crippen LogP contribution in [0.15, 0.2) is 30.9 Å².